The van der Waals surface area contributed by atoms with Crippen LogP contribution in [0.25, 0.3) is 0 Å². The Morgan fingerprint density at radius 2 is 1.80 bits per heavy atom. The number of nitrogens with two attached hydrogens (primary N) is 1. The van der Waals surface area contributed by atoms with E-state index in [2.05, 4.69) is 16.0 Å². The van der Waals surface area contributed by atoms with Gasteiger partial charge in [-0.1, -0.05) is 0 Å². The highest BCUT2D eigenvalue weighted by atomic mass is 16.2. The zero-order valence-electron chi connectivity index (χ0n) is 9.52. The van der Waals surface area contributed by atoms with Crippen LogP contribution in [0.4, 0.5) is 4.79 Å². The highest BCUT2D eigenvalue weighted by Crippen LogP contribution is 1.96. The minimum atomic E-state index is -0.559. The zero-order chi connectivity index (χ0) is 11.9. The van der Waals surface area contributed by atoms with Crippen molar-refractivity contribution in [2.75, 3.05) is 19.6 Å². The predicted molar refractivity (Wildman–Crippen MR) is 58.4 cm³/mol. The molecule has 0 radical (unpaired) electrons. The highest BCUT2D eigenvalue weighted by Gasteiger charge is 2.12. The van der Waals surface area contributed by atoms with E-state index in [0.717, 1.165) is 0 Å². The molecular weight excluding hydrogens is 196 g/mol. The van der Waals surface area contributed by atoms with E-state index in [-0.39, 0.29) is 18.0 Å². The van der Waals surface area contributed by atoms with Crippen LogP contribution in [0.3, 0.4) is 0 Å². The van der Waals surface area contributed by atoms with Crippen molar-refractivity contribution in [2.45, 2.75) is 26.3 Å². The quantitative estimate of drug-likeness (QED) is 0.451. The molecule has 0 unspecified atom stereocenters. The smallest absolute Gasteiger partial charge is 0.312 e. The summed E-state index contributed by atoms with van der Waals surface area (Å²) in [5.41, 5.74) is 4.64. The zero-order valence-corrected chi connectivity index (χ0v) is 9.52. The van der Waals surface area contributed by atoms with Crippen molar-refractivity contribution < 1.29 is 9.59 Å². The van der Waals surface area contributed by atoms with E-state index in [4.69, 9.17) is 5.73 Å². The Hall–Kier alpha value is -1.30. The predicted octanol–water partition coefficient (Wildman–Crippen LogP) is -0.841. The van der Waals surface area contributed by atoms with E-state index < -0.39 is 6.03 Å². The molecule has 88 valence electrons. The van der Waals surface area contributed by atoms with E-state index >= 15 is 0 Å². The Morgan fingerprint density at radius 3 is 2.27 bits per heavy atom. The summed E-state index contributed by atoms with van der Waals surface area (Å²) in [4.78, 5) is 21.6. The first-order chi connectivity index (χ1) is 6.81. The fourth-order valence-electron chi connectivity index (χ4n) is 0.938. The van der Waals surface area contributed by atoms with Crippen molar-refractivity contribution in [1.82, 2.24) is 16.0 Å². The first kappa shape index (κ1) is 13.7. The number of carbonyl (C=O) groups is 2. The molecule has 0 aliphatic carbocycles. The maximum atomic E-state index is 11.3. The van der Waals surface area contributed by atoms with Crippen LogP contribution in [0.2, 0.25) is 0 Å². The Balaban J connectivity index is 3.44. The third-order valence-electron chi connectivity index (χ3n) is 1.40. The monoisotopic (exact) mass is 216 g/mol. The first-order valence-corrected chi connectivity index (χ1v) is 4.86. The summed E-state index contributed by atoms with van der Waals surface area (Å²) in [5, 5.41) is 8.10. The minimum Gasteiger partial charge on any atom is -0.352 e. The van der Waals surface area contributed by atoms with Crippen LogP contribution in [0.1, 0.15) is 20.8 Å². The third kappa shape index (κ3) is 10.6. The molecular formula is C9H20N4O2. The molecule has 6 nitrogen and oxygen atoms in total. The van der Waals surface area contributed by atoms with Gasteiger partial charge in [0.2, 0.25) is 5.91 Å². The van der Waals surface area contributed by atoms with Gasteiger partial charge >= 0.3 is 6.03 Å². The van der Waals surface area contributed by atoms with Gasteiger partial charge in [-0.2, -0.15) is 0 Å². The molecule has 0 fully saturated rings. The summed E-state index contributed by atoms with van der Waals surface area (Å²) in [7, 11) is 0. The van der Waals surface area contributed by atoms with E-state index in [9.17, 15) is 9.59 Å². The molecule has 0 aromatic heterocycles. The second kappa shape index (κ2) is 6.23. The van der Waals surface area contributed by atoms with Gasteiger partial charge in [-0.25, -0.2) is 4.79 Å². The lowest BCUT2D eigenvalue weighted by atomic mass is 10.1. The van der Waals surface area contributed by atoms with Gasteiger partial charge < -0.3 is 21.7 Å². The molecule has 0 aromatic carbocycles. The van der Waals surface area contributed by atoms with Gasteiger partial charge in [-0.05, 0) is 20.8 Å². The molecule has 0 aliphatic rings. The van der Waals surface area contributed by atoms with Crippen LogP contribution in [-0.2, 0) is 4.79 Å². The van der Waals surface area contributed by atoms with E-state index in [1.54, 1.807) is 0 Å². The summed E-state index contributed by atoms with van der Waals surface area (Å²) in [6, 6.07) is -0.559. The van der Waals surface area contributed by atoms with Gasteiger partial charge in [0.25, 0.3) is 0 Å². The van der Waals surface area contributed by atoms with Crippen LogP contribution < -0.4 is 21.7 Å². The Labute approximate surface area is 90.0 Å². The SMILES string of the molecule is CC(C)(C)NC(=O)CNCCNC(N)=O. The molecule has 0 atom stereocenters. The number of amides is 3. The highest BCUT2D eigenvalue weighted by molar-refractivity contribution is 5.78. The van der Waals surface area contributed by atoms with Crippen LogP contribution in [0.5, 0.6) is 0 Å². The van der Waals surface area contributed by atoms with Crippen LogP contribution in [-0.4, -0.2) is 37.1 Å². The third-order valence-corrected chi connectivity index (χ3v) is 1.40. The average Bonchev–Trinajstić information content (AvgIpc) is 1.99. The maximum Gasteiger partial charge on any atom is 0.312 e. The number of nitrogens with one attached hydrogen (secondary N) is 3. The molecule has 6 heteroatoms. The second-order valence-corrected chi connectivity index (χ2v) is 4.27. The molecule has 0 spiro atoms. The van der Waals surface area contributed by atoms with Gasteiger partial charge in [-0.3, -0.25) is 4.79 Å². The van der Waals surface area contributed by atoms with Gasteiger partial charge in [0, 0.05) is 18.6 Å². The fourth-order valence-corrected chi connectivity index (χ4v) is 0.938. The standard InChI is InChI=1S/C9H20N4O2/c1-9(2,3)13-7(14)6-11-4-5-12-8(10)15/h11H,4-6H2,1-3H3,(H,13,14)(H3,10,12,15). The molecule has 3 amide bonds. The topological polar surface area (TPSA) is 96.2 Å². The van der Waals surface area contributed by atoms with Crippen molar-refractivity contribution in [1.29, 1.82) is 0 Å². The lowest BCUT2D eigenvalue weighted by Crippen LogP contribution is -2.46. The molecule has 0 rings (SSSR count). The number of hydrogen-bond donors (Lipinski definition) is 4. The lowest BCUT2D eigenvalue weighted by Gasteiger charge is -2.20. The first-order valence-electron chi connectivity index (χ1n) is 4.86. The van der Waals surface area contributed by atoms with Crippen molar-refractivity contribution in [3.63, 3.8) is 0 Å². The van der Waals surface area contributed by atoms with Gasteiger partial charge in [0.15, 0.2) is 0 Å². The lowest BCUT2D eigenvalue weighted by molar-refractivity contribution is -0.121. The summed E-state index contributed by atoms with van der Waals surface area (Å²) < 4.78 is 0. The number of hydrogen-bond acceptors (Lipinski definition) is 3. The number of rotatable bonds is 5. The Kier molecular flexibility index (Phi) is 5.69. The minimum absolute atomic E-state index is 0.0680. The number of urea groups is 1. The van der Waals surface area contributed by atoms with Crippen LogP contribution >= 0.6 is 0 Å². The largest absolute Gasteiger partial charge is 0.352 e. The van der Waals surface area contributed by atoms with Crippen molar-refractivity contribution in [3.8, 4) is 0 Å². The molecule has 0 bridgehead atoms. The molecule has 0 aromatic rings. The van der Waals surface area contributed by atoms with Crippen molar-refractivity contribution in [3.05, 3.63) is 0 Å². The molecule has 5 N–H and O–H groups in total. The number of carbonyl (C=O) groups excluding carboxylic acids is 2. The number of primary amides is 1. The van der Waals surface area contributed by atoms with Crippen LogP contribution in [0.15, 0.2) is 0 Å². The second-order valence-electron chi connectivity index (χ2n) is 4.27. The van der Waals surface area contributed by atoms with E-state index in [0.29, 0.717) is 13.1 Å². The summed E-state index contributed by atoms with van der Waals surface area (Å²) in [6.07, 6.45) is 0. The fraction of sp³-hybridized carbons (Fsp3) is 0.778. The maximum absolute atomic E-state index is 11.3. The molecule has 0 heterocycles. The Bertz CT molecular complexity index is 223. The molecule has 0 saturated heterocycles. The average molecular weight is 216 g/mol. The van der Waals surface area contributed by atoms with E-state index in [1.807, 2.05) is 20.8 Å². The molecule has 0 aliphatic heterocycles. The van der Waals surface area contributed by atoms with Crippen molar-refractivity contribution >= 4 is 11.9 Å². The van der Waals surface area contributed by atoms with Crippen molar-refractivity contribution in [2.24, 2.45) is 5.73 Å². The Morgan fingerprint density at radius 1 is 1.20 bits per heavy atom. The van der Waals surface area contributed by atoms with Gasteiger partial charge in [0.05, 0.1) is 6.54 Å². The summed E-state index contributed by atoms with van der Waals surface area (Å²) in [5.74, 6) is -0.0680. The van der Waals surface area contributed by atoms with Gasteiger partial charge in [0.1, 0.15) is 0 Å². The molecule has 15 heavy (non-hydrogen) atoms. The summed E-state index contributed by atoms with van der Waals surface area (Å²) >= 11 is 0. The molecule has 0 saturated carbocycles. The normalized spacial score (nSPS) is 10.9. The van der Waals surface area contributed by atoms with Gasteiger partial charge in [-0.15, -0.1) is 0 Å². The van der Waals surface area contributed by atoms with E-state index in [1.165, 1.54) is 0 Å². The van der Waals surface area contributed by atoms with Crippen LogP contribution in [0, 0.1) is 0 Å². The summed E-state index contributed by atoms with van der Waals surface area (Å²) in [6.45, 7) is 6.91.